The molecule has 0 radical (unpaired) electrons. The van der Waals surface area contributed by atoms with Gasteiger partial charge in [-0.3, -0.25) is 4.90 Å². The Morgan fingerprint density at radius 3 is 2.78 bits per heavy atom. The molecule has 0 amide bonds. The second kappa shape index (κ2) is 5.02. The van der Waals surface area contributed by atoms with Crippen molar-refractivity contribution in [2.24, 2.45) is 11.7 Å². The van der Waals surface area contributed by atoms with Crippen LogP contribution in [0.15, 0.2) is 24.3 Å². The molecular weight excluding hydrogens is 220 g/mol. The summed E-state index contributed by atoms with van der Waals surface area (Å²) in [5, 5.41) is 0. The summed E-state index contributed by atoms with van der Waals surface area (Å²) in [4.78, 5) is 2.57. The van der Waals surface area contributed by atoms with Crippen LogP contribution in [0.2, 0.25) is 0 Å². The van der Waals surface area contributed by atoms with E-state index in [0.717, 1.165) is 18.4 Å². The van der Waals surface area contributed by atoms with Gasteiger partial charge in [-0.2, -0.15) is 0 Å². The quantitative estimate of drug-likeness (QED) is 0.882. The van der Waals surface area contributed by atoms with E-state index in [-0.39, 0.29) is 0 Å². The molecule has 1 saturated carbocycles. The van der Waals surface area contributed by atoms with Gasteiger partial charge in [0.05, 0.1) is 0 Å². The van der Waals surface area contributed by atoms with Crippen LogP contribution in [0.1, 0.15) is 49.3 Å². The lowest BCUT2D eigenvalue weighted by Crippen LogP contribution is -2.32. The van der Waals surface area contributed by atoms with Crippen LogP contribution < -0.4 is 5.73 Å². The van der Waals surface area contributed by atoms with E-state index < -0.39 is 0 Å². The number of hydrogen-bond donors (Lipinski definition) is 1. The number of likely N-dealkylation sites (tertiary alicyclic amines) is 1. The highest BCUT2D eigenvalue weighted by molar-refractivity contribution is 5.31. The van der Waals surface area contributed by atoms with E-state index in [2.05, 4.69) is 36.1 Å². The van der Waals surface area contributed by atoms with Gasteiger partial charge >= 0.3 is 0 Å². The second-order valence-electron chi connectivity index (χ2n) is 6.08. The molecule has 0 aromatic heterocycles. The van der Waals surface area contributed by atoms with Crippen molar-refractivity contribution in [2.45, 2.75) is 38.1 Å². The summed E-state index contributed by atoms with van der Waals surface area (Å²) in [6, 6.07) is 9.57. The summed E-state index contributed by atoms with van der Waals surface area (Å²) in [5.74, 6) is 1.66. The largest absolute Gasteiger partial charge is 0.329 e. The Balaban J connectivity index is 1.79. The highest BCUT2D eigenvalue weighted by atomic mass is 15.2. The van der Waals surface area contributed by atoms with Crippen LogP contribution in [-0.4, -0.2) is 24.5 Å². The molecule has 2 unspecified atom stereocenters. The third-order valence-corrected chi connectivity index (χ3v) is 4.46. The minimum absolute atomic E-state index is 0.425. The van der Waals surface area contributed by atoms with E-state index in [0.29, 0.717) is 6.04 Å². The van der Waals surface area contributed by atoms with Crippen molar-refractivity contribution >= 4 is 0 Å². The van der Waals surface area contributed by atoms with Crippen LogP contribution in [0.4, 0.5) is 0 Å². The van der Waals surface area contributed by atoms with Crippen molar-refractivity contribution < 1.29 is 0 Å². The Morgan fingerprint density at radius 2 is 2.17 bits per heavy atom. The molecule has 1 aromatic carbocycles. The lowest BCUT2D eigenvalue weighted by atomic mass is 10.0. The molecule has 0 bridgehead atoms. The fourth-order valence-corrected chi connectivity index (χ4v) is 3.19. The van der Waals surface area contributed by atoms with Crippen LogP contribution in [-0.2, 0) is 0 Å². The van der Waals surface area contributed by atoms with Gasteiger partial charge in [-0.05, 0) is 48.8 Å². The number of nitrogens with zero attached hydrogens (tertiary/aromatic N) is 1. The Kier molecular flexibility index (Phi) is 3.40. The van der Waals surface area contributed by atoms with Crippen molar-refractivity contribution in [1.29, 1.82) is 0 Å². The summed E-state index contributed by atoms with van der Waals surface area (Å²) in [6.07, 6.45) is 4.06. The molecule has 1 aliphatic heterocycles. The minimum Gasteiger partial charge on any atom is -0.329 e. The molecule has 0 spiro atoms. The highest BCUT2D eigenvalue weighted by Gasteiger charge is 2.28. The smallest absolute Gasteiger partial charge is 0.0470 e. The normalized spacial score (nSPS) is 26.4. The molecule has 18 heavy (non-hydrogen) atoms. The van der Waals surface area contributed by atoms with Crippen molar-refractivity contribution in [3.8, 4) is 0 Å². The summed E-state index contributed by atoms with van der Waals surface area (Å²) in [7, 11) is 0. The molecule has 2 nitrogen and oxygen atoms in total. The molecule has 2 heteroatoms. The SMILES string of the molecule is CC1CCN(C(CN)c2cccc(C3CC3)c2)C1. The van der Waals surface area contributed by atoms with E-state index in [1.807, 2.05) is 0 Å². The van der Waals surface area contributed by atoms with Gasteiger partial charge in [0.2, 0.25) is 0 Å². The maximum atomic E-state index is 6.03. The van der Waals surface area contributed by atoms with Gasteiger partial charge in [0, 0.05) is 19.1 Å². The summed E-state index contributed by atoms with van der Waals surface area (Å²) in [6.45, 7) is 5.49. The summed E-state index contributed by atoms with van der Waals surface area (Å²) >= 11 is 0. The highest BCUT2D eigenvalue weighted by Crippen LogP contribution is 2.41. The zero-order chi connectivity index (χ0) is 12.5. The molecule has 2 atom stereocenters. The summed E-state index contributed by atoms with van der Waals surface area (Å²) < 4.78 is 0. The average molecular weight is 244 g/mol. The number of hydrogen-bond acceptors (Lipinski definition) is 2. The van der Waals surface area contributed by atoms with Crippen molar-refractivity contribution in [3.05, 3.63) is 35.4 Å². The fourth-order valence-electron chi connectivity index (χ4n) is 3.19. The van der Waals surface area contributed by atoms with Gasteiger partial charge in [-0.15, -0.1) is 0 Å². The first kappa shape index (κ1) is 12.2. The standard InChI is InChI=1S/C16H24N2/c1-12-7-8-18(11-12)16(10-17)15-4-2-3-14(9-15)13-5-6-13/h2-4,9,12-13,16H,5-8,10-11,17H2,1H3. The Bertz CT molecular complexity index is 411. The van der Waals surface area contributed by atoms with Crippen molar-refractivity contribution in [3.63, 3.8) is 0 Å². The average Bonchev–Trinajstić information content (AvgIpc) is 3.15. The fraction of sp³-hybridized carbons (Fsp3) is 0.625. The first-order valence-corrected chi connectivity index (χ1v) is 7.32. The zero-order valence-electron chi connectivity index (χ0n) is 11.3. The Labute approximate surface area is 110 Å². The van der Waals surface area contributed by atoms with Crippen LogP contribution in [0, 0.1) is 5.92 Å². The molecule has 1 aromatic rings. The van der Waals surface area contributed by atoms with Gasteiger partial charge in [0.25, 0.3) is 0 Å². The van der Waals surface area contributed by atoms with E-state index in [1.165, 1.54) is 43.5 Å². The van der Waals surface area contributed by atoms with E-state index >= 15 is 0 Å². The predicted molar refractivity (Wildman–Crippen MR) is 75.6 cm³/mol. The maximum Gasteiger partial charge on any atom is 0.0470 e. The van der Waals surface area contributed by atoms with Crippen LogP contribution >= 0.6 is 0 Å². The van der Waals surface area contributed by atoms with Crippen molar-refractivity contribution in [1.82, 2.24) is 4.90 Å². The topological polar surface area (TPSA) is 29.3 Å². The van der Waals surface area contributed by atoms with E-state index in [4.69, 9.17) is 5.73 Å². The van der Waals surface area contributed by atoms with Gasteiger partial charge in [0.1, 0.15) is 0 Å². The third kappa shape index (κ3) is 2.45. The molecule has 1 heterocycles. The van der Waals surface area contributed by atoms with Gasteiger partial charge < -0.3 is 5.73 Å². The predicted octanol–water partition coefficient (Wildman–Crippen LogP) is 2.91. The molecule has 2 fully saturated rings. The van der Waals surface area contributed by atoms with Crippen LogP contribution in [0.3, 0.4) is 0 Å². The first-order chi connectivity index (χ1) is 8.78. The van der Waals surface area contributed by atoms with Gasteiger partial charge in [-0.25, -0.2) is 0 Å². The minimum atomic E-state index is 0.425. The Hall–Kier alpha value is -0.860. The summed E-state index contributed by atoms with van der Waals surface area (Å²) in [5.41, 5.74) is 8.98. The Morgan fingerprint density at radius 1 is 1.33 bits per heavy atom. The molecule has 1 aliphatic carbocycles. The molecule has 2 aliphatic rings. The van der Waals surface area contributed by atoms with Crippen LogP contribution in [0.5, 0.6) is 0 Å². The molecular formula is C16H24N2. The van der Waals surface area contributed by atoms with Crippen LogP contribution in [0.25, 0.3) is 0 Å². The van der Waals surface area contributed by atoms with Gasteiger partial charge in [-0.1, -0.05) is 31.2 Å². The maximum absolute atomic E-state index is 6.03. The second-order valence-corrected chi connectivity index (χ2v) is 6.08. The lowest BCUT2D eigenvalue weighted by molar-refractivity contribution is 0.243. The zero-order valence-corrected chi connectivity index (χ0v) is 11.3. The van der Waals surface area contributed by atoms with E-state index in [9.17, 15) is 0 Å². The lowest BCUT2D eigenvalue weighted by Gasteiger charge is -2.27. The molecule has 2 N–H and O–H groups in total. The molecule has 98 valence electrons. The first-order valence-electron chi connectivity index (χ1n) is 7.32. The molecule has 3 rings (SSSR count). The third-order valence-electron chi connectivity index (χ3n) is 4.46. The number of benzene rings is 1. The molecule has 1 saturated heterocycles. The van der Waals surface area contributed by atoms with E-state index in [1.54, 1.807) is 0 Å². The monoisotopic (exact) mass is 244 g/mol. The number of rotatable bonds is 4. The van der Waals surface area contributed by atoms with Gasteiger partial charge in [0.15, 0.2) is 0 Å². The number of nitrogens with two attached hydrogens (primary N) is 1. The van der Waals surface area contributed by atoms with Crippen molar-refractivity contribution in [2.75, 3.05) is 19.6 Å².